The molecule has 0 saturated carbocycles. The Balaban J connectivity index is 1.56. The molecule has 3 nitrogen and oxygen atoms in total. The van der Waals surface area contributed by atoms with E-state index in [9.17, 15) is 0 Å². The van der Waals surface area contributed by atoms with Crippen LogP contribution in [0.5, 0.6) is 11.5 Å². The SMILES string of the molecule is Cc1ccc(OC[C@H]2OCC[C@@H]2Oc2ccc(C)cc2)cc1. The monoisotopic (exact) mass is 298 g/mol. The summed E-state index contributed by atoms with van der Waals surface area (Å²) in [5.74, 6) is 1.76. The lowest BCUT2D eigenvalue weighted by atomic mass is 10.2. The largest absolute Gasteiger partial charge is 0.491 e. The lowest BCUT2D eigenvalue weighted by Gasteiger charge is -2.20. The molecule has 1 heterocycles. The molecule has 2 aromatic carbocycles. The number of rotatable bonds is 5. The minimum absolute atomic E-state index is 0.0254. The van der Waals surface area contributed by atoms with E-state index in [1.165, 1.54) is 11.1 Å². The summed E-state index contributed by atoms with van der Waals surface area (Å²) in [6, 6.07) is 16.2. The van der Waals surface area contributed by atoms with E-state index in [4.69, 9.17) is 14.2 Å². The van der Waals surface area contributed by atoms with Crippen molar-refractivity contribution < 1.29 is 14.2 Å². The van der Waals surface area contributed by atoms with E-state index >= 15 is 0 Å². The maximum atomic E-state index is 6.05. The van der Waals surface area contributed by atoms with Crippen LogP contribution in [0.15, 0.2) is 48.5 Å². The van der Waals surface area contributed by atoms with Gasteiger partial charge in [-0.25, -0.2) is 0 Å². The normalized spacial score (nSPS) is 20.8. The molecular weight excluding hydrogens is 276 g/mol. The second kappa shape index (κ2) is 6.84. The molecule has 0 unspecified atom stereocenters. The molecule has 0 aliphatic carbocycles. The fraction of sp³-hybridized carbons (Fsp3) is 0.368. The molecule has 1 aliphatic rings. The molecule has 0 N–H and O–H groups in total. The van der Waals surface area contributed by atoms with Crippen molar-refractivity contribution in [3.8, 4) is 11.5 Å². The van der Waals surface area contributed by atoms with Crippen LogP contribution in [0.25, 0.3) is 0 Å². The molecule has 0 bridgehead atoms. The van der Waals surface area contributed by atoms with Gasteiger partial charge in [0.15, 0.2) is 0 Å². The van der Waals surface area contributed by atoms with E-state index < -0.39 is 0 Å². The zero-order chi connectivity index (χ0) is 15.4. The van der Waals surface area contributed by atoms with Crippen LogP contribution in [0.3, 0.4) is 0 Å². The number of aryl methyl sites for hydroxylation is 2. The summed E-state index contributed by atoms with van der Waals surface area (Å²) >= 11 is 0. The van der Waals surface area contributed by atoms with Gasteiger partial charge in [0, 0.05) is 6.42 Å². The van der Waals surface area contributed by atoms with Crippen LogP contribution >= 0.6 is 0 Å². The molecule has 0 amide bonds. The smallest absolute Gasteiger partial charge is 0.130 e. The molecule has 3 heteroatoms. The Morgan fingerprint density at radius 3 is 2.14 bits per heavy atom. The van der Waals surface area contributed by atoms with E-state index in [1.807, 2.05) is 36.4 Å². The predicted octanol–water partition coefficient (Wildman–Crippen LogP) is 3.92. The second-order valence-corrected chi connectivity index (χ2v) is 5.79. The Morgan fingerprint density at radius 2 is 1.50 bits per heavy atom. The molecule has 0 aromatic heterocycles. The highest BCUT2D eigenvalue weighted by Gasteiger charge is 2.30. The first kappa shape index (κ1) is 14.9. The third kappa shape index (κ3) is 3.80. The van der Waals surface area contributed by atoms with Gasteiger partial charge >= 0.3 is 0 Å². The maximum absolute atomic E-state index is 6.05. The standard InChI is InChI=1S/C19H22O3/c1-14-3-7-16(8-4-14)21-13-19-18(11-12-20-19)22-17-9-5-15(2)6-10-17/h3-10,18-19H,11-13H2,1-2H3/t18-,19+/m0/s1. The molecule has 2 atom stereocenters. The van der Waals surface area contributed by atoms with Crippen molar-refractivity contribution in [2.45, 2.75) is 32.5 Å². The van der Waals surface area contributed by atoms with Crippen molar-refractivity contribution in [2.75, 3.05) is 13.2 Å². The van der Waals surface area contributed by atoms with Gasteiger partial charge in [-0.2, -0.15) is 0 Å². The third-order valence-electron chi connectivity index (χ3n) is 3.89. The van der Waals surface area contributed by atoms with E-state index in [1.54, 1.807) is 0 Å². The molecule has 2 aromatic rings. The second-order valence-electron chi connectivity index (χ2n) is 5.79. The van der Waals surface area contributed by atoms with Crippen molar-refractivity contribution >= 4 is 0 Å². The highest BCUT2D eigenvalue weighted by molar-refractivity contribution is 5.27. The fourth-order valence-corrected chi connectivity index (χ4v) is 2.52. The number of hydrogen-bond acceptors (Lipinski definition) is 3. The Labute approximate surface area is 131 Å². The van der Waals surface area contributed by atoms with Crippen molar-refractivity contribution in [3.63, 3.8) is 0 Å². The third-order valence-corrected chi connectivity index (χ3v) is 3.89. The number of ether oxygens (including phenoxy) is 3. The molecule has 3 rings (SSSR count). The minimum Gasteiger partial charge on any atom is -0.491 e. The van der Waals surface area contributed by atoms with Crippen LogP contribution < -0.4 is 9.47 Å². The summed E-state index contributed by atoms with van der Waals surface area (Å²) in [5.41, 5.74) is 2.46. The summed E-state index contributed by atoms with van der Waals surface area (Å²) in [5, 5.41) is 0. The molecule has 1 saturated heterocycles. The summed E-state index contributed by atoms with van der Waals surface area (Å²) in [4.78, 5) is 0. The quantitative estimate of drug-likeness (QED) is 0.837. The molecule has 0 spiro atoms. The lowest BCUT2D eigenvalue weighted by Crippen LogP contribution is -2.32. The summed E-state index contributed by atoms with van der Waals surface area (Å²) < 4.78 is 17.6. The first-order valence-corrected chi connectivity index (χ1v) is 7.75. The van der Waals surface area contributed by atoms with Gasteiger partial charge < -0.3 is 14.2 Å². The van der Waals surface area contributed by atoms with Crippen LogP contribution in [0, 0.1) is 13.8 Å². The van der Waals surface area contributed by atoms with Crippen molar-refractivity contribution in [1.82, 2.24) is 0 Å². The molecule has 1 fully saturated rings. The summed E-state index contributed by atoms with van der Waals surface area (Å²) in [6.45, 7) is 5.37. The topological polar surface area (TPSA) is 27.7 Å². The predicted molar refractivity (Wildman–Crippen MR) is 86.6 cm³/mol. The van der Waals surface area contributed by atoms with E-state index in [2.05, 4.69) is 26.0 Å². The number of benzene rings is 2. The molecule has 116 valence electrons. The van der Waals surface area contributed by atoms with E-state index in [0.717, 1.165) is 24.5 Å². The zero-order valence-corrected chi connectivity index (χ0v) is 13.1. The van der Waals surface area contributed by atoms with E-state index in [0.29, 0.717) is 6.61 Å². The fourth-order valence-electron chi connectivity index (χ4n) is 2.52. The van der Waals surface area contributed by atoms with Gasteiger partial charge in [0.05, 0.1) is 6.61 Å². The maximum Gasteiger partial charge on any atom is 0.130 e. The average molecular weight is 298 g/mol. The van der Waals surface area contributed by atoms with Crippen molar-refractivity contribution in [1.29, 1.82) is 0 Å². The zero-order valence-electron chi connectivity index (χ0n) is 13.1. The van der Waals surface area contributed by atoms with Crippen molar-refractivity contribution in [3.05, 3.63) is 59.7 Å². The minimum atomic E-state index is -0.0254. The van der Waals surface area contributed by atoms with Crippen LogP contribution in [0.4, 0.5) is 0 Å². The Bertz CT molecular complexity index is 589. The van der Waals surface area contributed by atoms with Crippen LogP contribution in [-0.4, -0.2) is 25.4 Å². The average Bonchev–Trinajstić information content (AvgIpc) is 2.96. The van der Waals surface area contributed by atoms with Crippen molar-refractivity contribution in [2.24, 2.45) is 0 Å². The molecular formula is C19H22O3. The lowest BCUT2D eigenvalue weighted by molar-refractivity contribution is 0.0200. The van der Waals surface area contributed by atoms with Gasteiger partial charge in [-0.1, -0.05) is 35.4 Å². The van der Waals surface area contributed by atoms with Crippen LogP contribution in [0.2, 0.25) is 0 Å². The van der Waals surface area contributed by atoms with Gasteiger partial charge in [0.25, 0.3) is 0 Å². The Hall–Kier alpha value is -2.00. The van der Waals surface area contributed by atoms with Gasteiger partial charge in [0.1, 0.15) is 30.3 Å². The first-order valence-electron chi connectivity index (χ1n) is 7.75. The van der Waals surface area contributed by atoms with Crippen LogP contribution in [-0.2, 0) is 4.74 Å². The Morgan fingerprint density at radius 1 is 0.909 bits per heavy atom. The highest BCUT2D eigenvalue weighted by atomic mass is 16.6. The first-order chi connectivity index (χ1) is 10.7. The van der Waals surface area contributed by atoms with Gasteiger partial charge in [-0.3, -0.25) is 0 Å². The van der Waals surface area contributed by atoms with Gasteiger partial charge in [-0.05, 0) is 38.1 Å². The molecule has 1 aliphatic heterocycles. The highest BCUT2D eigenvalue weighted by Crippen LogP contribution is 2.23. The van der Waals surface area contributed by atoms with Crippen LogP contribution in [0.1, 0.15) is 17.5 Å². The summed E-state index contributed by atoms with van der Waals surface area (Å²) in [6.07, 6.45) is 0.922. The molecule has 0 radical (unpaired) electrons. The number of hydrogen-bond donors (Lipinski definition) is 0. The summed E-state index contributed by atoms with van der Waals surface area (Å²) in [7, 11) is 0. The Kier molecular flexibility index (Phi) is 4.64. The van der Waals surface area contributed by atoms with Gasteiger partial charge in [-0.15, -0.1) is 0 Å². The van der Waals surface area contributed by atoms with E-state index in [-0.39, 0.29) is 12.2 Å². The molecule has 22 heavy (non-hydrogen) atoms. The van der Waals surface area contributed by atoms with Gasteiger partial charge in [0.2, 0.25) is 0 Å².